The number of allylic oxidation sites excluding steroid dienone is 2. The van der Waals surface area contributed by atoms with Gasteiger partial charge in [-0.3, -0.25) is 4.79 Å². The summed E-state index contributed by atoms with van der Waals surface area (Å²) < 4.78 is 5.21. The summed E-state index contributed by atoms with van der Waals surface area (Å²) in [5, 5.41) is 0.636. The zero-order valence-corrected chi connectivity index (χ0v) is 15.9. The van der Waals surface area contributed by atoms with Crippen molar-refractivity contribution in [3.8, 4) is 5.75 Å². The minimum atomic E-state index is 0.0109. The van der Waals surface area contributed by atoms with Crippen molar-refractivity contribution >= 4 is 23.1 Å². The van der Waals surface area contributed by atoms with Crippen molar-refractivity contribution in [2.24, 2.45) is 0 Å². The van der Waals surface area contributed by atoms with Gasteiger partial charge in [-0.05, 0) is 55.5 Å². The van der Waals surface area contributed by atoms with Gasteiger partial charge in [0.25, 0.3) is 0 Å². The van der Waals surface area contributed by atoms with Crippen molar-refractivity contribution in [2.45, 2.75) is 6.92 Å². The molecule has 2 aromatic carbocycles. The Hall–Kier alpha value is -2.46. The lowest BCUT2D eigenvalue weighted by atomic mass is 10.1. The van der Waals surface area contributed by atoms with Gasteiger partial charge in [0.2, 0.25) is 0 Å². The van der Waals surface area contributed by atoms with Crippen molar-refractivity contribution in [2.75, 3.05) is 38.2 Å². The normalized spacial score (nSPS) is 15.1. The fourth-order valence-corrected chi connectivity index (χ4v) is 3.21. The lowest BCUT2D eigenvalue weighted by Gasteiger charge is -2.37. The zero-order chi connectivity index (χ0) is 18.5. The summed E-state index contributed by atoms with van der Waals surface area (Å²) in [5.41, 5.74) is 2.86. The molecule has 5 heteroatoms. The van der Waals surface area contributed by atoms with Gasteiger partial charge in [-0.25, -0.2) is 0 Å². The van der Waals surface area contributed by atoms with Crippen LogP contribution in [0.2, 0.25) is 5.02 Å². The van der Waals surface area contributed by atoms with Crippen LogP contribution in [0.1, 0.15) is 17.3 Å². The van der Waals surface area contributed by atoms with Crippen LogP contribution < -0.4 is 9.64 Å². The van der Waals surface area contributed by atoms with E-state index in [1.807, 2.05) is 19.1 Å². The molecule has 2 aromatic rings. The molecule has 136 valence electrons. The number of benzene rings is 2. The first-order valence-electron chi connectivity index (χ1n) is 8.69. The van der Waals surface area contributed by atoms with E-state index in [1.165, 1.54) is 5.69 Å². The van der Waals surface area contributed by atoms with Gasteiger partial charge in [0.05, 0.1) is 7.11 Å². The lowest BCUT2D eigenvalue weighted by Crippen LogP contribution is -2.45. The Morgan fingerprint density at radius 2 is 1.62 bits per heavy atom. The molecule has 1 heterocycles. The average molecular weight is 371 g/mol. The maximum absolute atomic E-state index is 12.4. The summed E-state index contributed by atoms with van der Waals surface area (Å²) in [6.07, 6.45) is 1.71. The monoisotopic (exact) mass is 370 g/mol. The van der Waals surface area contributed by atoms with Crippen molar-refractivity contribution in [3.05, 3.63) is 70.9 Å². The molecule has 0 atom stereocenters. The highest BCUT2D eigenvalue weighted by Crippen LogP contribution is 2.21. The first-order valence-corrected chi connectivity index (χ1v) is 9.07. The number of nitrogens with zero attached hydrogens (tertiary/aromatic N) is 2. The molecule has 0 unspecified atom stereocenters. The maximum atomic E-state index is 12.4. The topological polar surface area (TPSA) is 32.8 Å². The number of piperazine rings is 1. The minimum absolute atomic E-state index is 0.0109. The van der Waals surface area contributed by atoms with Crippen molar-refractivity contribution in [3.63, 3.8) is 0 Å². The zero-order valence-electron chi connectivity index (χ0n) is 15.1. The van der Waals surface area contributed by atoms with Crippen molar-refractivity contribution in [1.29, 1.82) is 0 Å². The van der Waals surface area contributed by atoms with Gasteiger partial charge in [-0.1, -0.05) is 11.6 Å². The predicted octanol–water partition coefficient (Wildman–Crippen LogP) is 4.26. The quantitative estimate of drug-likeness (QED) is 0.581. The van der Waals surface area contributed by atoms with E-state index < -0.39 is 0 Å². The molecule has 0 aromatic heterocycles. The van der Waals surface area contributed by atoms with E-state index in [2.05, 4.69) is 21.9 Å². The molecule has 1 aliphatic heterocycles. The summed E-state index contributed by atoms with van der Waals surface area (Å²) in [7, 11) is 1.67. The van der Waals surface area contributed by atoms with E-state index in [0.717, 1.165) is 37.6 Å². The van der Waals surface area contributed by atoms with Gasteiger partial charge >= 0.3 is 0 Å². The van der Waals surface area contributed by atoms with E-state index in [9.17, 15) is 4.79 Å². The van der Waals surface area contributed by atoms with E-state index >= 15 is 0 Å². The van der Waals surface area contributed by atoms with Crippen LogP contribution >= 0.6 is 11.6 Å². The van der Waals surface area contributed by atoms with Gasteiger partial charge in [0.1, 0.15) is 5.75 Å². The highest BCUT2D eigenvalue weighted by atomic mass is 35.5. The number of carbonyl (C=O) groups excluding carboxylic acids is 1. The highest BCUT2D eigenvalue weighted by Gasteiger charge is 2.18. The average Bonchev–Trinajstić information content (AvgIpc) is 2.68. The molecule has 0 N–H and O–H groups in total. The molecular formula is C21H23ClN2O2. The number of ether oxygens (including phenoxy) is 1. The van der Waals surface area contributed by atoms with Gasteiger partial charge in [-0.15, -0.1) is 0 Å². The summed E-state index contributed by atoms with van der Waals surface area (Å²) in [4.78, 5) is 17.0. The Balaban J connectivity index is 1.59. The second-order valence-corrected chi connectivity index (χ2v) is 6.77. The molecular weight excluding hydrogens is 348 g/mol. The second-order valence-electron chi connectivity index (χ2n) is 6.33. The van der Waals surface area contributed by atoms with Crippen LogP contribution in [0.15, 0.2) is 60.3 Å². The summed E-state index contributed by atoms with van der Waals surface area (Å²) in [6.45, 7) is 5.63. The first kappa shape index (κ1) is 18.3. The second kappa shape index (κ2) is 8.28. The Kier molecular flexibility index (Phi) is 5.84. The smallest absolute Gasteiger partial charge is 0.187 e. The number of rotatable bonds is 5. The number of hydrogen-bond acceptors (Lipinski definition) is 4. The van der Waals surface area contributed by atoms with Crippen molar-refractivity contribution in [1.82, 2.24) is 4.90 Å². The van der Waals surface area contributed by atoms with E-state index in [0.29, 0.717) is 10.6 Å². The van der Waals surface area contributed by atoms with Crippen LogP contribution in [0.5, 0.6) is 5.75 Å². The maximum Gasteiger partial charge on any atom is 0.187 e. The summed E-state index contributed by atoms with van der Waals surface area (Å²) in [5.74, 6) is 0.878. The fraction of sp³-hybridized carbons (Fsp3) is 0.286. The number of hydrogen-bond donors (Lipinski definition) is 0. The minimum Gasteiger partial charge on any atom is -0.497 e. The van der Waals surface area contributed by atoms with E-state index in [4.69, 9.17) is 16.3 Å². The number of anilines is 1. The molecule has 0 bridgehead atoms. The SMILES string of the molecule is COc1ccc(N2CCN(/C(C)=C/C(=O)c3ccc(Cl)cc3)CC2)cc1. The first-order chi connectivity index (χ1) is 12.6. The van der Waals surface area contributed by atoms with Gasteiger partial charge in [0, 0.05) is 54.2 Å². The van der Waals surface area contributed by atoms with Gasteiger partial charge in [0.15, 0.2) is 5.78 Å². The van der Waals surface area contributed by atoms with E-state index in [-0.39, 0.29) is 5.78 Å². The molecule has 1 saturated heterocycles. The number of carbonyl (C=O) groups is 1. The Bertz CT molecular complexity index is 777. The van der Waals surface area contributed by atoms with Gasteiger partial charge in [-0.2, -0.15) is 0 Å². The van der Waals surface area contributed by atoms with Crippen molar-refractivity contribution < 1.29 is 9.53 Å². The highest BCUT2D eigenvalue weighted by molar-refractivity contribution is 6.30. The van der Waals surface area contributed by atoms with Gasteiger partial charge < -0.3 is 14.5 Å². The molecule has 3 rings (SSSR count). The molecule has 0 saturated carbocycles. The Labute approximate surface area is 159 Å². The largest absolute Gasteiger partial charge is 0.497 e. The van der Waals surface area contributed by atoms with Crippen LogP contribution in [0, 0.1) is 0 Å². The molecule has 1 aliphatic rings. The number of methoxy groups -OCH3 is 1. The standard InChI is InChI=1S/C21H23ClN2O2/c1-16(15-21(25)17-3-5-18(22)6-4-17)23-11-13-24(14-12-23)19-7-9-20(26-2)10-8-19/h3-10,15H,11-14H2,1-2H3/b16-15+. The predicted molar refractivity (Wildman–Crippen MR) is 106 cm³/mol. The fourth-order valence-electron chi connectivity index (χ4n) is 3.09. The summed E-state index contributed by atoms with van der Waals surface area (Å²) >= 11 is 5.88. The third-order valence-corrected chi connectivity index (χ3v) is 4.94. The number of halogens is 1. The van der Waals surface area contributed by atoms with Crippen LogP contribution in [0.3, 0.4) is 0 Å². The molecule has 0 radical (unpaired) electrons. The lowest BCUT2D eigenvalue weighted by molar-refractivity contribution is 0.104. The molecule has 0 amide bonds. The molecule has 4 nitrogen and oxygen atoms in total. The Morgan fingerprint density at radius 3 is 2.19 bits per heavy atom. The molecule has 1 fully saturated rings. The third kappa shape index (κ3) is 4.38. The molecule has 0 aliphatic carbocycles. The van der Waals surface area contributed by atoms with Crippen LogP contribution in [0.25, 0.3) is 0 Å². The Morgan fingerprint density at radius 1 is 1.00 bits per heavy atom. The van der Waals surface area contributed by atoms with Crippen LogP contribution in [-0.4, -0.2) is 44.0 Å². The number of ketones is 1. The van der Waals surface area contributed by atoms with Crippen LogP contribution in [0.4, 0.5) is 5.69 Å². The van der Waals surface area contributed by atoms with E-state index in [1.54, 1.807) is 37.5 Å². The third-order valence-electron chi connectivity index (χ3n) is 4.68. The summed E-state index contributed by atoms with van der Waals surface area (Å²) in [6, 6.07) is 15.1. The molecule has 0 spiro atoms. The molecule has 26 heavy (non-hydrogen) atoms. The van der Waals surface area contributed by atoms with Crippen LogP contribution in [-0.2, 0) is 0 Å².